The van der Waals surface area contributed by atoms with Gasteiger partial charge < -0.3 is 10.6 Å². The van der Waals surface area contributed by atoms with Gasteiger partial charge in [-0.3, -0.25) is 4.79 Å². The van der Waals surface area contributed by atoms with E-state index in [9.17, 15) is 13.2 Å². The Bertz CT molecular complexity index is 625. The maximum absolute atomic E-state index is 12.3. The van der Waals surface area contributed by atoms with Crippen LogP contribution in [0.3, 0.4) is 0 Å². The third kappa shape index (κ3) is 4.76. The van der Waals surface area contributed by atoms with Crippen molar-refractivity contribution in [3.63, 3.8) is 0 Å². The van der Waals surface area contributed by atoms with Crippen LogP contribution in [0.1, 0.15) is 5.56 Å². The highest BCUT2D eigenvalue weighted by atomic mass is 32.2. The molecular formula is C13H19N3O3S2. The van der Waals surface area contributed by atoms with E-state index < -0.39 is 10.0 Å². The average Bonchev–Trinajstić information content (AvgIpc) is 2.38. The van der Waals surface area contributed by atoms with Crippen LogP contribution < -0.4 is 5.73 Å². The van der Waals surface area contributed by atoms with Gasteiger partial charge in [-0.05, 0) is 17.7 Å². The number of rotatable bonds is 6. The van der Waals surface area contributed by atoms with Crippen LogP contribution in [-0.2, 0) is 21.2 Å². The first-order chi connectivity index (χ1) is 9.64. The number of hydrogen-bond acceptors (Lipinski definition) is 4. The molecule has 1 amide bonds. The number of hydrogen-bond donors (Lipinski definition) is 1. The van der Waals surface area contributed by atoms with Crippen LogP contribution in [0, 0.1) is 0 Å². The van der Waals surface area contributed by atoms with E-state index in [2.05, 4.69) is 0 Å². The molecule has 0 saturated carbocycles. The molecule has 0 heterocycles. The van der Waals surface area contributed by atoms with Crippen molar-refractivity contribution >= 4 is 33.1 Å². The standard InChI is InChI=1S/C13H19N3O3S2/c1-15(2)13(17)9-16(3)21(18,19)11-6-4-10(5-7-11)8-12(14)20/h4-7H,8-9H2,1-3H3,(H2,14,20). The summed E-state index contributed by atoms with van der Waals surface area (Å²) in [7, 11) is 0.837. The number of carbonyl (C=O) groups is 1. The van der Waals surface area contributed by atoms with Crippen molar-refractivity contribution in [2.75, 3.05) is 27.7 Å². The average molecular weight is 329 g/mol. The Hall–Kier alpha value is -1.51. The smallest absolute Gasteiger partial charge is 0.243 e. The number of thiocarbonyl (C=S) groups is 1. The minimum atomic E-state index is -3.69. The van der Waals surface area contributed by atoms with Crippen molar-refractivity contribution in [1.29, 1.82) is 0 Å². The summed E-state index contributed by atoms with van der Waals surface area (Å²) >= 11 is 4.81. The zero-order chi connectivity index (χ0) is 16.2. The fourth-order valence-corrected chi connectivity index (χ4v) is 2.86. The summed E-state index contributed by atoms with van der Waals surface area (Å²) in [6.07, 6.45) is 0.421. The van der Waals surface area contributed by atoms with Crippen molar-refractivity contribution in [1.82, 2.24) is 9.21 Å². The van der Waals surface area contributed by atoms with Crippen LogP contribution in [0.5, 0.6) is 0 Å². The fourth-order valence-electron chi connectivity index (χ4n) is 1.58. The van der Waals surface area contributed by atoms with Gasteiger partial charge in [-0.2, -0.15) is 4.31 Å². The SMILES string of the molecule is CN(C)C(=O)CN(C)S(=O)(=O)c1ccc(CC(N)=S)cc1. The highest BCUT2D eigenvalue weighted by Gasteiger charge is 2.23. The first-order valence-corrected chi connectivity index (χ1v) is 8.03. The molecule has 21 heavy (non-hydrogen) atoms. The maximum atomic E-state index is 12.3. The quantitative estimate of drug-likeness (QED) is 0.755. The predicted molar refractivity (Wildman–Crippen MR) is 85.4 cm³/mol. The summed E-state index contributed by atoms with van der Waals surface area (Å²) in [5.74, 6) is -0.286. The van der Waals surface area contributed by atoms with Gasteiger partial charge in [0.25, 0.3) is 0 Å². The van der Waals surface area contributed by atoms with Crippen molar-refractivity contribution in [3.05, 3.63) is 29.8 Å². The first-order valence-electron chi connectivity index (χ1n) is 6.18. The summed E-state index contributed by atoms with van der Waals surface area (Å²) in [6, 6.07) is 6.29. The van der Waals surface area contributed by atoms with Gasteiger partial charge in [0.05, 0.1) is 16.4 Å². The molecule has 116 valence electrons. The van der Waals surface area contributed by atoms with Crippen molar-refractivity contribution in [2.24, 2.45) is 5.73 Å². The Morgan fingerprint density at radius 2 is 1.71 bits per heavy atom. The molecule has 0 fully saturated rings. The Morgan fingerprint density at radius 1 is 1.19 bits per heavy atom. The van der Waals surface area contributed by atoms with Gasteiger partial charge in [-0.15, -0.1) is 0 Å². The molecule has 0 spiro atoms. The van der Waals surface area contributed by atoms with Crippen molar-refractivity contribution in [3.8, 4) is 0 Å². The number of carbonyl (C=O) groups excluding carboxylic acids is 1. The van der Waals surface area contributed by atoms with Gasteiger partial charge in [0.15, 0.2) is 0 Å². The molecule has 2 N–H and O–H groups in total. The summed E-state index contributed by atoms with van der Waals surface area (Å²) in [4.78, 5) is 13.4. The first kappa shape index (κ1) is 17.5. The maximum Gasteiger partial charge on any atom is 0.243 e. The number of sulfonamides is 1. The molecule has 0 bridgehead atoms. The predicted octanol–water partition coefficient (Wildman–Crippen LogP) is 0.224. The minimum Gasteiger partial charge on any atom is -0.393 e. The van der Waals surface area contributed by atoms with Crippen molar-refractivity contribution < 1.29 is 13.2 Å². The zero-order valence-electron chi connectivity index (χ0n) is 12.2. The lowest BCUT2D eigenvalue weighted by atomic mass is 10.1. The lowest BCUT2D eigenvalue weighted by Crippen LogP contribution is -2.37. The number of nitrogens with zero attached hydrogens (tertiary/aromatic N) is 2. The fraction of sp³-hybridized carbons (Fsp3) is 0.385. The molecule has 6 nitrogen and oxygen atoms in total. The Morgan fingerprint density at radius 3 is 2.14 bits per heavy atom. The number of nitrogens with two attached hydrogens (primary N) is 1. The van der Waals surface area contributed by atoms with Crippen LogP contribution in [-0.4, -0.2) is 56.2 Å². The molecule has 1 aromatic carbocycles. The third-order valence-corrected chi connectivity index (χ3v) is 4.83. The van der Waals surface area contributed by atoms with Gasteiger partial charge in [0.2, 0.25) is 15.9 Å². The topological polar surface area (TPSA) is 83.7 Å². The van der Waals surface area contributed by atoms with Crippen LogP contribution in [0.4, 0.5) is 0 Å². The molecule has 0 unspecified atom stereocenters. The van der Waals surface area contributed by atoms with E-state index in [1.165, 1.54) is 24.1 Å². The molecule has 0 aliphatic carbocycles. The van der Waals surface area contributed by atoms with E-state index in [0.29, 0.717) is 11.4 Å². The molecular weight excluding hydrogens is 310 g/mol. The van der Waals surface area contributed by atoms with E-state index >= 15 is 0 Å². The van der Waals surface area contributed by atoms with Crippen LogP contribution in [0.15, 0.2) is 29.2 Å². The Kier molecular flexibility index (Phi) is 5.82. The highest BCUT2D eigenvalue weighted by molar-refractivity contribution is 7.89. The zero-order valence-corrected chi connectivity index (χ0v) is 13.9. The van der Waals surface area contributed by atoms with Crippen LogP contribution >= 0.6 is 12.2 Å². The monoisotopic (exact) mass is 329 g/mol. The molecule has 0 saturated heterocycles. The highest BCUT2D eigenvalue weighted by Crippen LogP contribution is 2.15. The summed E-state index contributed by atoms with van der Waals surface area (Å²) < 4.78 is 25.7. The second kappa shape index (κ2) is 6.97. The molecule has 0 aliphatic rings. The van der Waals surface area contributed by atoms with Gasteiger partial charge >= 0.3 is 0 Å². The van der Waals surface area contributed by atoms with Gasteiger partial charge in [-0.25, -0.2) is 8.42 Å². The van der Waals surface area contributed by atoms with Gasteiger partial charge in [0.1, 0.15) is 0 Å². The molecule has 0 aromatic heterocycles. The second-order valence-corrected chi connectivity index (χ2v) is 7.41. The Labute approximate surface area is 130 Å². The van der Waals surface area contributed by atoms with Crippen LogP contribution in [0.25, 0.3) is 0 Å². The number of amides is 1. The normalized spacial score (nSPS) is 11.4. The summed E-state index contributed by atoms with van der Waals surface area (Å²) in [5, 5.41) is 0. The van der Waals surface area contributed by atoms with Gasteiger partial charge in [0, 0.05) is 27.6 Å². The summed E-state index contributed by atoms with van der Waals surface area (Å²) in [6.45, 7) is -0.204. The van der Waals surface area contributed by atoms with E-state index in [1.807, 2.05) is 0 Å². The number of benzene rings is 1. The molecule has 1 rings (SSSR count). The minimum absolute atomic E-state index is 0.128. The van der Waals surface area contributed by atoms with E-state index in [4.69, 9.17) is 18.0 Å². The lowest BCUT2D eigenvalue weighted by molar-refractivity contribution is -0.128. The lowest BCUT2D eigenvalue weighted by Gasteiger charge is -2.19. The largest absolute Gasteiger partial charge is 0.393 e. The van der Waals surface area contributed by atoms with E-state index in [-0.39, 0.29) is 17.3 Å². The molecule has 0 aliphatic heterocycles. The Balaban J connectivity index is 2.92. The van der Waals surface area contributed by atoms with Crippen molar-refractivity contribution in [2.45, 2.75) is 11.3 Å². The second-order valence-electron chi connectivity index (χ2n) is 4.84. The molecule has 0 radical (unpaired) electrons. The van der Waals surface area contributed by atoms with E-state index in [1.54, 1.807) is 26.2 Å². The summed E-state index contributed by atoms with van der Waals surface area (Å²) in [5.41, 5.74) is 6.28. The van der Waals surface area contributed by atoms with E-state index in [0.717, 1.165) is 9.87 Å². The van der Waals surface area contributed by atoms with Crippen LogP contribution in [0.2, 0.25) is 0 Å². The van der Waals surface area contributed by atoms with Gasteiger partial charge in [-0.1, -0.05) is 24.4 Å². The third-order valence-electron chi connectivity index (χ3n) is 2.87. The molecule has 0 atom stereocenters. The molecule has 8 heteroatoms. The number of likely N-dealkylation sites (N-methyl/N-ethyl adjacent to an activating group) is 2. The molecule has 1 aromatic rings.